The van der Waals surface area contributed by atoms with Crippen LogP contribution in [0.15, 0.2) is 28.7 Å². The molecule has 3 heteroatoms. The zero-order valence-electron chi connectivity index (χ0n) is 6.22. The molecule has 0 saturated heterocycles. The van der Waals surface area contributed by atoms with Gasteiger partial charge in [0.25, 0.3) is 0 Å². The fourth-order valence-corrected chi connectivity index (χ4v) is 1.31. The van der Waals surface area contributed by atoms with Gasteiger partial charge in [0.15, 0.2) is 0 Å². The van der Waals surface area contributed by atoms with Crippen molar-refractivity contribution in [2.45, 2.75) is 0 Å². The van der Waals surface area contributed by atoms with Gasteiger partial charge in [0.05, 0.1) is 6.00 Å². The predicted molar refractivity (Wildman–Crippen MR) is 53.3 cm³/mol. The number of rotatable bonds is 2. The van der Waals surface area contributed by atoms with Crippen molar-refractivity contribution in [1.29, 1.82) is 0 Å². The summed E-state index contributed by atoms with van der Waals surface area (Å²) in [5, 5.41) is 0. The van der Waals surface area contributed by atoms with Crippen molar-refractivity contribution in [2.24, 2.45) is 0 Å². The van der Waals surface area contributed by atoms with Crippen LogP contribution in [0.4, 0.5) is 5.69 Å². The molecule has 11 heavy (non-hydrogen) atoms. The van der Waals surface area contributed by atoms with Crippen LogP contribution in [0.25, 0.3) is 0 Å². The Balaban J connectivity index is 2.86. The van der Waals surface area contributed by atoms with Gasteiger partial charge >= 0.3 is 0 Å². The van der Waals surface area contributed by atoms with Gasteiger partial charge in [-0.05, 0) is 18.2 Å². The standard InChI is InChI=1S/C8H9BrClN/c1-11(6-10)8-4-2-3-7(9)5-8/h2-5H,6H2,1H3. The van der Waals surface area contributed by atoms with Crippen LogP contribution in [-0.4, -0.2) is 13.1 Å². The van der Waals surface area contributed by atoms with Crippen molar-refractivity contribution in [3.63, 3.8) is 0 Å². The first-order valence-corrected chi connectivity index (χ1v) is 4.59. The van der Waals surface area contributed by atoms with Crippen molar-refractivity contribution in [2.75, 3.05) is 18.0 Å². The van der Waals surface area contributed by atoms with E-state index >= 15 is 0 Å². The van der Waals surface area contributed by atoms with Crippen LogP contribution in [0.3, 0.4) is 0 Å². The molecule has 0 aliphatic carbocycles. The summed E-state index contributed by atoms with van der Waals surface area (Å²) in [5.41, 5.74) is 1.12. The molecule has 0 aliphatic rings. The molecule has 0 bridgehead atoms. The summed E-state index contributed by atoms with van der Waals surface area (Å²) in [6, 6.07) is 8.54. The molecule has 1 rings (SSSR count). The number of nitrogens with zero attached hydrogens (tertiary/aromatic N) is 1. The first-order chi connectivity index (χ1) is 5.24. The number of hydrogen-bond acceptors (Lipinski definition) is 1. The van der Waals surface area contributed by atoms with Crippen LogP contribution < -0.4 is 4.90 Å². The van der Waals surface area contributed by atoms with E-state index in [1.54, 1.807) is 0 Å². The Bertz CT molecular complexity index is 239. The molecule has 1 nitrogen and oxygen atoms in total. The number of alkyl halides is 1. The normalized spacial score (nSPS) is 9.73. The number of benzene rings is 1. The molecule has 0 unspecified atom stereocenters. The summed E-state index contributed by atoms with van der Waals surface area (Å²) >= 11 is 9.04. The second-order valence-electron chi connectivity index (χ2n) is 2.30. The largest absolute Gasteiger partial charge is 0.361 e. The highest BCUT2D eigenvalue weighted by Crippen LogP contribution is 2.18. The third kappa shape index (κ3) is 2.38. The quantitative estimate of drug-likeness (QED) is 0.561. The average molecular weight is 235 g/mol. The third-order valence-corrected chi connectivity index (χ3v) is 2.28. The molecule has 0 aliphatic heterocycles. The predicted octanol–water partition coefficient (Wildman–Crippen LogP) is 3.08. The van der Waals surface area contributed by atoms with Gasteiger partial charge in [-0.2, -0.15) is 0 Å². The Morgan fingerprint density at radius 3 is 2.82 bits per heavy atom. The second kappa shape index (κ2) is 3.98. The van der Waals surface area contributed by atoms with E-state index in [-0.39, 0.29) is 0 Å². The van der Waals surface area contributed by atoms with Crippen LogP contribution in [0, 0.1) is 0 Å². The Morgan fingerprint density at radius 1 is 1.55 bits per heavy atom. The number of hydrogen-bond donors (Lipinski definition) is 0. The number of anilines is 1. The fraction of sp³-hybridized carbons (Fsp3) is 0.250. The van der Waals surface area contributed by atoms with Crippen molar-refractivity contribution in [1.82, 2.24) is 0 Å². The smallest absolute Gasteiger partial charge is 0.0925 e. The Morgan fingerprint density at radius 2 is 2.27 bits per heavy atom. The molecular weight excluding hydrogens is 225 g/mol. The maximum absolute atomic E-state index is 5.65. The van der Waals surface area contributed by atoms with E-state index in [2.05, 4.69) is 15.9 Å². The number of halogens is 2. The molecule has 60 valence electrons. The SMILES string of the molecule is CN(CCl)c1cccc(Br)c1. The highest BCUT2D eigenvalue weighted by molar-refractivity contribution is 9.10. The van der Waals surface area contributed by atoms with Crippen LogP contribution in [-0.2, 0) is 0 Å². The van der Waals surface area contributed by atoms with Gasteiger partial charge in [0.1, 0.15) is 0 Å². The van der Waals surface area contributed by atoms with Crippen molar-refractivity contribution in [3.8, 4) is 0 Å². The molecule has 0 saturated carbocycles. The maximum Gasteiger partial charge on any atom is 0.0925 e. The van der Waals surface area contributed by atoms with Gasteiger partial charge in [-0.15, -0.1) is 11.6 Å². The molecule has 0 radical (unpaired) electrons. The lowest BCUT2D eigenvalue weighted by Crippen LogP contribution is -2.13. The van der Waals surface area contributed by atoms with E-state index in [1.165, 1.54) is 0 Å². The van der Waals surface area contributed by atoms with Crippen LogP contribution in [0.2, 0.25) is 0 Å². The van der Waals surface area contributed by atoms with E-state index in [0.29, 0.717) is 6.00 Å². The Kier molecular flexibility index (Phi) is 3.21. The molecule has 1 aromatic carbocycles. The van der Waals surface area contributed by atoms with Gasteiger partial charge in [0.2, 0.25) is 0 Å². The van der Waals surface area contributed by atoms with Gasteiger partial charge in [-0.3, -0.25) is 0 Å². The van der Waals surface area contributed by atoms with Gasteiger partial charge < -0.3 is 4.90 Å². The fourth-order valence-electron chi connectivity index (χ4n) is 0.783. The molecule has 0 amide bonds. The maximum atomic E-state index is 5.65. The lowest BCUT2D eigenvalue weighted by atomic mass is 10.3. The van der Waals surface area contributed by atoms with Gasteiger partial charge in [-0.25, -0.2) is 0 Å². The second-order valence-corrected chi connectivity index (χ2v) is 3.45. The molecule has 0 fully saturated rings. The van der Waals surface area contributed by atoms with E-state index < -0.39 is 0 Å². The third-order valence-electron chi connectivity index (χ3n) is 1.43. The van der Waals surface area contributed by atoms with E-state index in [9.17, 15) is 0 Å². The molecule has 0 aromatic heterocycles. The van der Waals surface area contributed by atoms with Crippen molar-refractivity contribution >= 4 is 33.2 Å². The lowest BCUT2D eigenvalue weighted by Gasteiger charge is -2.14. The molecule has 0 heterocycles. The molecule has 0 N–H and O–H groups in total. The highest BCUT2D eigenvalue weighted by atomic mass is 79.9. The van der Waals surface area contributed by atoms with Crippen molar-refractivity contribution < 1.29 is 0 Å². The highest BCUT2D eigenvalue weighted by Gasteiger charge is 1.97. The zero-order chi connectivity index (χ0) is 8.27. The monoisotopic (exact) mass is 233 g/mol. The summed E-state index contributed by atoms with van der Waals surface area (Å²) in [7, 11) is 1.95. The zero-order valence-corrected chi connectivity index (χ0v) is 8.56. The first kappa shape index (κ1) is 8.88. The average Bonchev–Trinajstić information content (AvgIpc) is 2.03. The Hall–Kier alpha value is -0.210. The van der Waals surface area contributed by atoms with E-state index in [0.717, 1.165) is 10.2 Å². The lowest BCUT2D eigenvalue weighted by molar-refractivity contribution is 1.09. The van der Waals surface area contributed by atoms with Gasteiger partial charge in [0, 0.05) is 17.2 Å². The molecular formula is C8H9BrClN. The topological polar surface area (TPSA) is 3.24 Å². The van der Waals surface area contributed by atoms with Crippen LogP contribution >= 0.6 is 27.5 Å². The molecule has 1 aromatic rings. The molecule has 0 atom stereocenters. The van der Waals surface area contributed by atoms with Crippen LogP contribution in [0.1, 0.15) is 0 Å². The Labute approximate surface area is 80.1 Å². The molecule has 0 spiro atoms. The minimum atomic E-state index is 0.510. The summed E-state index contributed by atoms with van der Waals surface area (Å²) in [6.07, 6.45) is 0. The summed E-state index contributed by atoms with van der Waals surface area (Å²) in [5.74, 6) is 0. The van der Waals surface area contributed by atoms with E-state index in [1.807, 2.05) is 36.2 Å². The van der Waals surface area contributed by atoms with E-state index in [4.69, 9.17) is 11.6 Å². The minimum Gasteiger partial charge on any atom is -0.361 e. The summed E-state index contributed by atoms with van der Waals surface area (Å²) < 4.78 is 1.08. The van der Waals surface area contributed by atoms with Crippen LogP contribution in [0.5, 0.6) is 0 Å². The first-order valence-electron chi connectivity index (χ1n) is 3.26. The van der Waals surface area contributed by atoms with Crippen molar-refractivity contribution in [3.05, 3.63) is 28.7 Å². The van der Waals surface area contributed by atoms with Gasteiger partial charge in [-0.1, -0.05) is 22.0 Å². The summed E-state index contributed by atoms with van der Waals surface area (Å²) in [4.78, 5) is 1.96. The summed E-state index contributed by atoms with van der Waals surface area (Å²) in [6.45, 7) is 0. The minimum absolute atomic E-state index is 0.510.